The van der Waals surface area contributed by atoms with E-state index in [-0.39, 0.29) is 5.82 Å². The topological polar surface area (TPSA) is 47.0 Å². The lowest BCUT2D eigenvalue weighted by atomic mass is 10.1. The number of hydrogen-bond donors (Lipinski definition) is 1. The highest BCUT2D eigenvalue weighted by molar-refractivity contribution is 5.21. The number of aromatic nitrogens is 2. The number of halogens is 1. The first-order valence-electron chi connectivity index (χ1n) is 6.52. The Morgan fingerprint density at radius 3 is 2.65 bits per heavy atom. The van der Waals surface area contributed by atoms with E-state index in [1.54, 1.807) is 31.6 Å². The third-order valence-electron chi connectivity index (χ3n) is 2.88. The van der Waals surface area contributed by atoms with Gasteiger partial charge >= 0.3 is 0 Å². The molecule has 2 aromatic rings. The predicted molar refractivity (Wildman–Crippen MR) is 74.8 cm³/mol. The fraction of sp³-hybridized carbons (Fsp3) is 0.333. The lowest BCUT2D eigenvalue weighted by Gasteiger charge is -2.05. The lowest BCUT2D eigenvalue weighted by Crippen LogP contribution is -2.18. The maximum Gasteiger partial charge on any atom is 0.132 e. The van der Waals surface area contributed by atoms with E-state index in [4.69, 9.17) is 4.74 Å². The zero-order valence-electron chi connectivity index (χ0n) is 11.5. The van der Waals surface area contributed by atoms with Gasteiger partial charge in [-0.2, -0.15) is 0 Å². The first-order chi connectivity index (χ1) is 9.79. The summed E-state index contributed by atoms with van der Waals surface area (Å²) >= 11 is 0. The van der Waals surface area contributed by atoms with Crippen LogP contribution in [0.5, 0.6) is 0 Å². The van der Waals surface area contributed by atoms with E-state index in [9.17, 15) is 4.39 Å². The maximum absolute atomic E-state index is 13.5. The molecular formula is C15H18FN3O. The van der Waals surface area contributed by atoms with Crippen molar-refractivity contribution in [1.82, 2.24) is 15.3 Å². The summed E-state index contributed by atoms with van der Waals surface area (Å²) in [6.07, 6.45) is 3.94. The van der Waals surface area contributed by atoms with Crippen LogP contribution in [0.2, 0.25) is 0 Å². The quantitative estimate of drug-likeness (QED) is 0.785. The van der Waals surface area contributed by atoms with Crippen molar-refractivity contribution in [3.05, 3.63) is 59.4 Å². The fourth-order valence-electron chi connectivity index (χ4n) is 1.78. The monoisotopic (exact) mass is 275 g/mol. The molecule has 106 valence electrons. The largest absolute Gasteiger partial charge is 0.383 e. The van der Waals surface area contributed by atoms with E-state index in [1.165, 1.54) is 6.07 Å². The molecule has 0 fully saturated rings. The Kier molecular flexibility index (Phi) is 5.58. The van der Waals surface area contributed by atoms with Crippen LogP contribution < -0.4 is 5.32 Å². The second-order valence-electron chi connectivity index (χ2n) is 4.45. The molecule has 1 aromatic heterocycles. The van der Waals surface area contributed by atoms with Crippen LogP contribution in [-0.2, 0) is 17.7 Å². The van der Waals surface area contributed by atoms with Crippen LogP contribution in [0.4, 0.5) is 4.39 Å². The smallest absolute Gasteiger partial charge is 0.132 e. The molecule has 2 rings (SSSR count). The SMILES string of the molecule is COCCNCc1cnc(Cc2ccccc2F)nc1. The normalized spacial score (nSPS) is 10.7. The van der Waals surface area contributed by atoms with Crippen LogP contribution in [0.3, 0.4) is 0 Å². The van der Waals surface area contributed by atoms with Crippen molar-refractivity contribution in [2.45, 2.75) is 13.0 Å². The van der Waals surface area contributed by atoms with Crippen LogP contribution in [0.1, 0.15) is 17.0 Å². The highest BCUT2D eigenvalue weighted by Gasteiger charge is 2.04. The van der Waals surface area contributed by atoms with E-state index in [2.05, 4.69) is 15.3 Å². The van der Waals surface area contributed by atoms with Gasteiger partial charge < -0.3 is 10.1 Å². The molecule has 0 spiro atoms. The zero-order valence-corrected chi connectivity index (χ0v) is 11.5. The van der Waals surface area contributed by atoms with Crippen LogP contribution in [-0.4, -0.2) is 30.2 Å². The number of hydrogen-bond acceptors (Lipinski definition) is 4. The zero-order chi connectivity index (χ0) is 14.2. The van der Waals surface area contributed by atoms with Gasteiger partial charge in [0.2, 0.25) is 0 Å². The molecule has 0 aliphatic carbocycles. The predicted octanol–water partition coefficient (Wildman–Crippen LogP) is 1.94. The summed E-state index contributed by atoms with van der Waals surface area (Å²) in [7, 11) is 1.67. The molecule has 4 nitrogen and oxygen atoms in total. The third-order valence-corrected chi connectivity index (χ3v) is 2.88. The lowest BCUT2D eigenvalue weighted by molar-refractivity contribution is 0.199. The number of rotatable bonds is 7. The van der Waals surface area contributed by atoms with E-state index >= 15 is 0 Å². The summed E-state index contributed by atoms with van der Waals surface area (Å²) < 4.78 is 18.5. The minimum atomic E-state index is -0.221. The number of nitrogens with one attached hydrogen (secondary N) is 1. The third kappa shape index (κ3) is 4.36. The van der Waals surface area contributed by atoms with Gasteiger partial charge in [-0.25, -0.2) is 14.4 Å². The van der Waals surface area contributed by atoms with Crippen LogP contribution in [0.15, 0.2) is 36.7 Å². The summed E-state index contributed by atoms with van der Waals surface area (Å²) in [5, 5.41) is 3.22. The standard InChI is InChI=1S/C15H18FN3O/c1-20-7-6-17-9-12-10-18-15(19-11-12)8-13-4-2-3-5-14(13)16/h2-5,10-11,17H,6-9H2,1H3. The highest BCUT2D eigenvalue weighted by atomic mass is 19.1. The maximum atomic E-state index is 13.5. The van der Waals surface area contributed by atoms with Gasteiger partial charge in [0.25, 0.3) is 0 Å². The molecule has 0 unspecified atom stereocenters. The Balaban J connectivity index is 1.90. The second-order valence-corrected chi connectivity index (χ2v) is 4.45. The molecule has 0 radical (unpaired) electrons. The molecule has 1 aromatic carbocycles. The van der Waals surface area contributed by atoms with Crippen molar-refractivity contribution in [2.75, 3.05) is 20.3 Å². The Morgan fingerprint density at radius 1 is 1.20 bits per heavy atom. The second kappa shape index (κ2) is 7.67. The number of ether oxygens (including phenoxy) is 1. The Labute approximate surface area is 118 Å². The first kappa shape index (κ1) is 14.6. The van der Waals surface area contributed by atoms with Gasteiger partial charge in [-0.1, -0.05) is 18.2 Å². The molecule has 1 heterocycles. The minimum Gasteiger partial charge on any atom is -0.383 e. The van der Waals surface area contributed by atoms with Crippen molar-refractivity contribution < 1.29 is 9.13 Å². The van der Waals surface area contributed by atoms with Gasteiger partial charge in [-0.3, -0.25) is 0 Å². The summed E-state index contributed by atoms with van der Waals surface area (Å²) in [4.78, 5) is 8.53. The van der Waals surface area contributed by atoms with Crippen molar-refractivity contribution >= 4 is 0 Å². The Morgan fingerprint density at radius 2 is 1.95 bits per heavy atom. The number of nitrogens with zero attached hydrogens (tertiary/aromatic N) is 2. The van der Waals surface area contributed by atoms with Gasteiger partial charge in [0, 0.05) is 44.6 Å². The van der Waals surface area contributed by atoms with Crippen LogP contribution in [0, 0.1) is 5.82 Å². The molecule has 5 heteroatoms. The van der Waals surface area contributed by atoms with E-state index in [1.807, 2.05) is 6.07 Å². The van der Waals surface area contributed by atoms with Crippen molar-refractivity contribution in [1.29, 1.82) is 0 Å². The first-order valence-corrected chi connectivity index (χ1v) is 6.52. The van der Waals surface area contributed by atoms with Crippen molar-refractivity contribution in [2.24, 2.45) is 0 Å². The van der Waals surface area contributed by atoms with Gasteiger partial charge in [0.1, 0.15) is 11.6 Å². The van der Waals surface area contributed by atoms with Crippen molar-refractivity contribution in [3.8, 4) is 0 Å². The molecule has 0 bridgehead atoms. The molecule has 0 saturated heterocycles. The minimum absolute atomic E-state index is 0.221. The van der Waals surface area contributed by atoms with Gasteiger partial charge in [0.15, 0.2) is 0 Å². The molecule has 0 aliphatic rings. The average Bonchev–Trinajstić information content (AvgIpc) is 2.48. The molecular weight excluding hydrogens is 257 g/mol. The van der Waals surface area contributed by atoms with Gasteiger partial charge in [-0.05, 0) is 11.6 Å². The highest BCUT2D eigenvalue weighted by Crippen LogP contribution is 2.10. The summed E-state index contributed by atoms with van der Waals surface area (Å²) in [6, 6.07) is 6.68. The Hall–Kier alpha value is -1.85. The van der Waals surface area contributed by atoms with E-state index < -0.39 is 0 Å². The molecule has 0 aliphatic heterocycles. The van der Waals surface area contributed by atoms with Crippen molar-refractivity contribution in [3.63, 3.8) is 0 Å². The summed E-state index contributed by atoms with van der Waals surface area (Å²) in [6.45, 7) is 2.16. The van der Waals surface area contributed by atoms with E-state index in [0.717, 1.165) is 12.1 Å². The van der Waals surface area contributed by atoms with E-state index in [0.29, 0.717) is 31.0 Å². The Bertz CT molecular complexity index is 531. The number of benzene rings is 1. The average molecular weight is 275 g/mol. The van der Waals surface area contributed by atoms with Crippen LogP contribution in [0.25, 0.3) is 0 Å². The summed E-state index contributed by atoms with van der Waals surface area (Å²) in [5.41, 5.74) is 1.61. The molecule has 0 atom stereocenters. The van der Waals surface area contributed by atoms with Gasteiger partial charge in [0.05, 0.1) is 6.61 Å². The number of methoxy groups -OCH3 is 1. The molecule has 20 heavy (non-hydrogen) atoms. The molecule has 1 N–H and O–H groups in total. The van der Waals surface area contributed by atoms with Crippen LogP contribution >= 0.6 is 0 Å². The molecule has 0 amide bonds. The van der Waals surface area contributed by atoms with Gasteiger partial charge in [-0.15, -0.1) is 0 Å². The summed E-state index contributed by atoms with van der Waals surface area (Å²) in [5.74, 6) is 0.400. The molecule has 0 saturated carbocycles. The fourth-order valence-corrected chi connectivity index (χ4v) is 1.78.